The summed E-state index contributed by atoms with van der Waals surface area (Å²) in [6.07, 6.45) is 1.83. The molecule has 0 unspecified atom stereocenters. The Kier molecular flexibility index (Phi) is 6.27. The molecule has 0 aromatic heterocycles. The molecule has 0 heterocycles. The molecular weight excluding hydrogens is 262 g/mol. The number of hydrogen-bond donors (Lipinski definition) is 2. The number of nitrogens with one attached hydrogen (secondary N) is 1. The highest BCUT2D eigenvalue weighted by atomic mass is 32.2. The maximum atomic E-state index is 11.8. The number of nitrogens with two attached hydrogens (primary N) is 1. The molecule has 1 rings (SSSR count). The second kappa shape index (κ2) is 7.47. The molecule has 3 N–H and O–H groups in total. The van der Waals surface area contributed by atoms with E-state index in [1.165, 1.54) is 0 Å². The van der Waals surface area contributed by atoms with Crippen LogP contribution in [0.3, 0.4) is 0 Å². The van der Waals surface area contributed by atoms with Gasteiger partial charge >= 0.3 is 0 Å². The fraction of sp³-hybridized carbons (Fsp3) is 0.538. The van der Waals surface area contributed by atoms with Crippen molar-refractivity contribution in [2.24, 2.45) is 0 Å². The van der Waals surface area contributed by atoms with E-state index >= 15 is 0 Å². The minimum Gasteiger partial charge on any atom is -0.399 e. The van der Waals surface area contributed by atoms with E-state index in [0.29, 0.717) is 12.2 Å². The highest BCUT2D eigenvalue weighted by Crippen LogP contribution is 2.08. The summed E-state index contributed by atoms with van der Waals surface area (Å²) in [4.78, 5) is 2.09. The summed E-state index contributed by atoms with van der Waals surface area (Å²) in [5, 5.41) is 0. The van der Waals surface area contributed by atoms with Crippen LogP contribution in [0.1, 0.15) is 18.4 Å². The van der Waals surface area contributed by atoms with Crippen molar-refractivity contribution in [2.45, 2.75) is 18.6 Å². The van der Waals surface area contributed by atoms with Crippen molar-refractivity contribution in [1.82, 2.24) is 9.62 Å². The van der Waals surface area contributed by atoms with Crippen molar-refractivity contribution in [3.8, 4) is 0 Å². The molecular formula is C13H23N3O2S. The molecule has 6 heteroatoms. The van der Waals surface area contributed by atoms with E-state index in [0.717, 1.165) is 24.9 Å². The first-order valence-corrected chi connectivity index (χ1v) is 8.01. The summed E-state index contributed by atoms with van der Waals surface area (Å²) in [5.41, 5.74) is 6.94. The molecule has 108 valence electrons. The molecule has 19 heavy (non-hydrogen) atoms. The van der Waals surface area contributed by atoms with Crippen LogP contribution in [0.25, 0.3) is 0 Å². The minimum absolute atomic E-state index is 0.000953. The lowest BCUT2D eigenvalue weighted by molar-refractivity contribution is 0.394. The highest BCUT2D eigenvalue weighted by molar-refractivity contribution is 7.88. The van der Waals surface area contributed by atoms with Gasteiger partial charge in [-0.3, -0.25) is 0 Å². The Morgan fingerprint density at radius 1 is 1.16 bits per heavy atom. The standard InChI is InChI=1S/C13H23N3O2S/c1-16(2)10-4-3-9-15-19(17,18)11-12-5-7-13(14)8-6-12/h5-8,15H,3-4,9-11,14H2,1-2H3. The highest BCUT2D eigenvalue weighted by Gasteiger charge is 2.10. The number of sulfonamides is 1. The molecule has 0 aliphatic rings. The van der Waals surface area contributed by atoms with E-state index in [4.69, 9.17) is 5.73 Å². The zero-order chi connectivity index (χ0) is 14.3. The zero-order valence-corrected chi connectivity index (χ0v) is 12.4. The van der Waals surface area contributed by atoms with Crippen LogP contribution in [0.2, 0.25) is 0 Å². The van der Waals surface area contributed by atoms with Crippen LogP contribution < -0.4 is 10.5 Å². The van der Waals surface area contributed by atoms with Gasteiger partial charge in [0.25, 0.3) is 0 Å². The minimum atomic E-state index is -3.25. The van der Waals surface area contributed by atoms with Gasteiger partial charge in [0.15, 0.2) is 0 Å². The van der Waals surface area contributed by atoms with Crippen LogP contribution in [0.5, 0.6) is 0 Å². The van der Waals surface area contributed by atoms with Crippen molar-refractivity contribution >= 4 is 15.7 Å². The van der Waals surface area contributed by atoms with Gasteiger partial charge in [0.05, 0.1) is 5.75 Å². The Hall–Kier alpha value is -1.11. The van der Waals surface area contributed by atoms with Crippen molar-refractivity contribution < 1.29 is 8.42 Å². The molecule has 0 aliphatic heterocycles. The molecule has 0 saturated carbocycles. The maximum Gasteiger partial charge on any atom is 0.215 e. The molecule has 0 atom stereocenters. The monoisotopic (exact) mass is 285 g/mol. The largest absolute Gasteiger partial charge is 0.399 e. The lowest BCUT2D eigenvalue weighted by atomic mass is 10.2. The Morgan fingerprint density at radius 3 is 2.37 bits per heavy atom. The number of unbranched alkanes of at least 4 members (excludes halogenated alkanes) is 1. The first-order valence-electron chi connectivity index (χ1n) is 6.35. The summed E-state index contributed by atoms with van der Waals surface area (Å²) < 4.78 is 26.3. The third kappa shape index (κ3) is 7.15. The average molecular weight is 285 g/mol. The second-order valence-corrected chi connectivity index (χ2v) is 6.71. The summed E-state index contributed by atoms with van der Waals surface area (Å²) >= 11 is 0. The molecule has 0 amide bonds. The van der Waals surface area contributed by atoms with Gasteiger partial charge in [0, 0.05) is 12.2 Å². The molecule has 5 nitrogen and oxygen atoms in total. The molecule has 0 radical (unpaired) electrons. The van der Waals surface area contributed by atoms with Crippen LogP contribution in [0.4, 0.5) is 5.69 Å². The van der Waals surface area contributed by atoms with Crippen LogP contribution in [0.15, 0.2) is 24.3 Å². The van der Waals surface area contributed by atoms with Gasteiger partial charge < -0.3 is 10.6 Å². The first kappa shape index (κ1) is 15.9. The molecule has 1 aromatic rings. The quantitative estimate of drug-likeness (QED) is 0.552. The van der Waals surface area contributed by atoms with Gasteiger partial charge in [0.2, 0.25) is 10.0 Å². The van der Waals surface area contributed by atoms with Gasteiger partial charge in [-0.05, 0) is 51.2 Å². The normalized spacial score (nSPS) is 11.9. The van der Waals surface area contributed by atoms with Gasteiger partial charge in [-0.2, -0.15) is 0 Å². The number of anilines is 1. The number of nitrogens with zero attached hydrogens (tertiary/aromatic N) is 1. The Bertz CT molecular complexity index is 469. The number of benzene rings is 1. The Morgan fingerprint density at radius 2 is 1.79 bits per heavy atom. The van der Waals surface area contributed by atoms with Gasteiger partial charge in [0.1, 0.15) is 0 Å². The predicted molar refractivity (Wildman–Crippen MR) is 79.3 cm³/mol. The third-order valence-electron chi connectivity index (χ3n) is 2.69. The van der Waals surface area contributed by atoms with Crippen molar-refractivity contribution in [3.05, 3.63) is 29.8 Å². The predicted octanol–water partition coefficient (Wildman–Crippen LogP) is 1.03. The van der Waals surface area contributed by atoms with Gasteiger partial charge in [-0.25, -0.2) is 13.1 Å². The summed E-state index contributed by atoms with van der Waals surface area (Å²) in [6, 6.07) is 6.89. The zero-order valence-electron chi connectivity index (χ0n) is 11.6. The Balaban J connectivity index is 2.34. The smallest absolute Gasteiger partial charge is 0.215 e. The summed E-state index contributed by atoms with van der Waals surface area (Å²) in [7, 11) is 0.758. The molecule has 0 spiro atoms. The Labute approximate surface area is 115 Å². The summed E-state index contributed by atoms with van der Waals surface area (Å²) in [6.45, 7) is 1.46. The van der Waals surface area contributed by atoms with Crippen LogP contribution in [0, 0.1) is 0 Å². The first-order chi connectivity index (χ1) is 8.89. The van der Waals surface area contributed by atoms with Crippen LogP contribution in [-0.2, 0) is 15.8 Å². The number of hydrogen-bond acceptors (Lipinski definition) is 4. The van der Waals surface area contributed by atoms with E-state index in [-0.39, 0.29) is 5.75 Å². The van der Waals surface area contributed by atoms with E-state index in [2.05, 4.69) is 9.62 Å². The molecule has 0 fully saturated rings. The maximum absolute atomic E-state index is 11.8. The average Bonchev–Trinajstić information content (AvgIpc) is 2.31. The third-order valence-corrected chi connectivity index (χ3v) is 4.05. The van der Waals surface area contributed by atoms with E-state index < -0.39 is 10.0 Å². The second-order valence-electron chi connectivity index (χ2n) is 4.91. The van der Waals surface area contributed by atoms with Crippen LogP contribution in [-0.4, -0.2) is 40.5 Å². The number of rotatable bonds is 8. The molecule has 0 aliphatic carbocycles. The van der Waals surface area contributed by atoms with Crippen molar-refractivity contribution in [3.63, 3.8) is 0 Å². The topological polar surface area (TPSA) is 75.4 Å². The fourth-order valence-corrected chi connectivity index (χ4v) is 2.85. The molecule has 0 saturated heterocycles. The van der Waals surface area contributed by atoms with Crippen molar-refractivity contribution in [2.75, 3.05) is 32.9 Å². The van der Waals surface area contributed by atoms with Crippen LogP contribution >= 0.6 is 0 Å². The summed E-state index contributed by atoms with van der Waals surface area (Å²) in [5.74, 6) is 0.000953. The van der Waals surface area contributed by atoms with E-state index in [1.54, 1.807) is 24.3 Å². The molecule has 1 aromatic carbocycles. The molecule has 0 bridgehead atoms. The van der Waals surface area contributed by atoms with Crippen molar-refractivity contribution in [1.29, 1.82) is 0 Å². The van der Waals surface area contributed by atoms with Gasteiger partial charge in [-0.15, -0.1) is 0 Å². The lowest BCUT2D eigenvalue weighted by Crippen LogP contribution is -2.26. The van der Waals surface area contributed by atoms with E-state index in [9.17, 15) is 8.42 Å². The van der Waals surface area contributed by atoms with E-state index in [1.807, 2.05) is 14.1 Å². The SMILES string of the molecule is CN(C)CCCCNS(=O)(=O)Cc1ccc(N)cc1. The lowest BCUT2D eigenvalue weighted by Gasteiger charge is -2.10. The number of nitrogen functional groups attached to an aromatic ring is 1. The van der Waals surface area contributed by atoms with Gasteiger partial charge in [-0.1, -0.05) is 12.1 Å². The fourth-order valence-electron chi connectivity index (χ4n) is 1.67.